The summed E-state index contributed by atoms with van der Waals surface area (Å²) in [6.45, 7) is 6.13. The lowest BCUT2D eigenvalue weighted by Crippen LogP contribution is -2.20. The molecule has 0 spiro atoms. The zero-order valence-electron chi connectivity index (χ0n) is 12.8. The Kier molecular flexibility index (Phi) is 3.81. The van der Waals surface area contributed by atoms with E-state index in [1.54, 1.807) is 12.1 Å². The predicted molar refractivity (Wildman–Crippen MR) is 84.4 cm³/mol. The molecule has 0 aliphatic rings. The predicted octanol–water partition coefficient (Wildman–Crippen LogP) is 3.00. The van der Waals surface area contributed by atoms with E-state index in [2.05, 4.69) is 16.0 Å². The van der Waals surface area contributed by atoms with Crippen LogP contribution in [0.1, 0.15) is 32.2 Å². The minimum Gasteiger partial charge on any atom is -0.384 e. The topological polar surface area (TPSA) is 78.8 Å². The zero-order valence-corrected chi connectivity index (χ0v) is 12.8. The van der Waals surface area contributed by atoms with Crippen molar-refractivity contribution in [3.05, 3.63) is 41.7 Å². The normalized spacial score (nSPS) is 11.0. The summed E-state index contributed by atoms with van der Waals surface area (Å²) in [7, 11) is 1.89. The molecule has 2 rings (SSSR count). The van der Waals surface area contributed by atoms with Crippen LogP contribution in [0, 0.1) is 11.3 Å². The smallest absolute Gasteiger partial charge is 0.138 e. The Bertz CT molecular complexity index is 695. The van der Waals surface area contributed by atoms with Gasteiger partial charge in [0.2, 0.25) is 0 Å². The highest BCUT2D eigenvalue weighted by atomic mass is 15.2. The number of benzene rings is 1. The SMILES string of the molecule is CN(c1cccc(C#N)c1)c1cc(N)nc(C(C)(C)C)n1. The van der Waals surface area contributed by atoms with Crippen LogP contribution in [0.2, 0.25) is 0 Å². The van der Waals surface area contributed by atoms with Crippen molar-refractivity contribution in [3.8, 4) is 6.07 Å². The average molecular weight is 281 g/mol. The van der Waals surface area contributed by atoms with Gasteiger partial charge in [0.25, 0.3) is 0 Å². The standard InChI is InChI=1S/C16H19N5/c1-16(2,3)15-19-13(18)9-14(20-15)21(4)12-7-5-6-11(8-12)10-17/h5-9H,1-4H3,(H2,18,19,20). The van der Waals surface area contributed by atoms with Crippen LogP contribution in [0.5, 0.6) is 0 Å². The second-order valence-electron chi connectivity index (χ2n) is 5.95. The summed E-state index contributed by atoms with van der Waals surface area (Å²) in [5.41, 5.74) is 7.21. The fraction of sp³-hybridized carbons (Fsp3) is 0.312. The van der Waals surface area contributed by atoms with Gasteiger partial charge in [-0.15, -0.1) is 0 Å². The fourth-order valence-corrected chi connectivity index (χ4v) is 1.88. The third-order valence-corrected chi connectivity index (χ3v) is 3.11. The molecular formula is C16H19N5. The van der Waals surface area contributed by atoms with Gasteiger partial charge >= 0.3 is 0 Å². The van der Waals surface area contributed by atoms with E-state index in [1.807, 2.05) is 50.9 Å². The first-order valence-corrected chi connectivity index (χ1v) is 6.70. The lowest BCUT2D eigenvalue weighted by Gasteiger charge is -2.22. The molecule has 0 saturated carbocycles. The molecule has 0 atom stereocenters. The second-order valence-corrected chi connectivity index (χ2v) is 5.95. The Morgan fingerprint density at radius 3 is 2.52 bits per heavy atom. The van der Waals surface area contributed by atoms with Crippen molar-refractivity contribution in [2.24, 2.45) is 0 Å². The van der Waals surface area contributed by atoms with Crippen molar-refractivity contribution < 1.29 is 0 Å². The number of nitriles is 1. The van der Waals surface area contributed by atoms with Crippen molar-refractivity contribution in [2.75, 3.05) is 17.7 Å². The van der Waals surface area contributed by atoms with Gasteiger partial charge in [0.05, 0.1) is 11.6 Å². The molecule has 0 aliphatic carbocycles. The average Bonchev–Trinajstić information content (AvgIpc) is 2.45. The van der Waals surface area contributed by atoms with Crippen LogP contribution >= 0.6 is 0 Å². The Labute approximate surface area is 125 Å². The minimum absolute atomic E-state index is 0.181. The fourth-order valence-electron chi connectivity index (χ4n) is 1.88. The molecular weight excluding hydrogens is 262 g/mol. The van der Waals surface area contributed by atoms with Crippen molar-refractivity contribution in [2.45, 2.75) is 26.2 Å². The van der Waals surface area contributed by atoms with E-state index in [1.165, 1.54) is 0 Å². The monoisotopic (exact) mass is 281 g/mol. The molecule has 1 aromatic heterocycles. The van der Waals surface area contributed by atoms with Crippen LogP contribution < -0.4 is 10.6 Å². The van der Waals surface area contributed by atoms with Crippen molar-refractivity contribution in [1.82, 2.24) is 9.97 Å². The number of anilines is 3. The quantitative estimate of drug-likeness (QED) is 0.915. The Morgan fingerprint density at radius 2 is 1.90 bits per heavy atom. The molecule has 1 heterocycles. The third kappa shape index (κ3) is 3.29. The van der Waals surface area contributed by atoms with Gasteiger partial charge in [-0.25, -0.2) is 9.97 Å². The molecule has 5 heteroatoms. The van der Waals surface area contributed by atoms with Crippen molar-refractivity contribution in [3.63, 3.8) is 0 Å². The van der Waals surface area contributed by atoms with Crippen LogP contribution in [-0.2, 0) is 5.41 Å². The summed E-state index contributed by atoms with van der Waals surface area (Å²) in [5, 5.41) is 9.00. The molecule has 2 N–H and O–H groups in total. The number of nitrogens with zero attached hydrogens (tertiary/aromatic N) is 4. The number of nitrogens with two attached hydrogens (primary N) is 1. The van der Waals surface area contributed by atoms with E-state index >= 15 is 0 Å². The molecule has 0 bridgehead atoms. The summed E-state index contributed by atoms with van der Waals surface area (Å²) in [4.78, 5) is 10.8. The molecule has 108 valence electrons. The summed E-state index contributed by atoms with van der Waals surface area (Å²) in [6.07, 6.45) is 0. The molecule has 1 aromatic carbocycles. The molecule has 0 unspecified atom stereocenters. The van der Waals surface area contributed by atoms with E-state index in [9.17, 15) is 0 Å². The Balaban J connectivity index is 2.46. The molecule has 0 radical (unpaired) electrons. The molecule has 0 aliphatic heterocycles. The lowest BCUT2D eigenvalue weighted by molar-refractivity contribution is 0.546. The Hall–Kier alpha value is -2.61. The first-order chi connectivity index (χ1) is 9.81. The van der Waals surface area contributed by atoms with Crippen LogP contribution in [0.4, 0.5) is 17.3 Å². The largest absolute Gasteiger partial charge is 0.384 e. The number of aromatic nitrogens is 2. The first kappa shape index (κ1) is 14.8. The van der Waals surface area contributed by atoms with Crippen LogP contribution in [0.15, 0.2) is 30.3 Å². The van der Waals surface area contributed by atoms with Crippen molar-refractivity contribution >= 4 is 17.3 Å². The van der Waals surface area contributed by atoms with Gasteiger partial charge in [-0.3, -0.25) is 0 Å². The highest BCUT2D eigenvalue weighted by Crippen LogP contribution is 2.27. The number of rotatable bonds is 2. The van der Waals surface area contributed by atoms with Gasteiger partial charge in [0, 0.05) is 24.2 Å². The molecule has 0 amide bonds. The summed E-state index contributed by atoms with van der Waals surface area (Å²) in [6, 6.07) is 11.2. The summed E-state index contributed by atoms with van der Waals surface area (Å²) in [5.74, 6) is 1.84. The van der Waals surface area contributed by atoms with E-state index in [-0.39, 0.29) is 5.41 Å². The first-order valence-electron chi connectivity index (χ1n) is 6.70. The maximum Gasteiger partial charge on any atom is 0.138 e. The number of hydrogen-bond donors (Lipinski definition) is 1. The number of nitrogen functional groups attached to an aromatic ring is 1. The molecule has 0 saturated heterocycles. The van der Waals surface area contributed by atoms with Gasteiger partial charge < -0.3 is 10.6 Å². The third-order valence-electron chi connectivity index (χ3n) is 3.11. The molecule has 0 fully saturated rings. The number of hydrogen-bond acceptors (Lipinski definition) is 5. The van der Waals surface area contributed by atoms with E-state index in [4.69, 9.17) is 11.0 Å². The van der Waals surface area contributed by atoms with Gasteiger partial charge in [-0.1, -0.05) is 26.8 Å². The maximum absolute atomic E-state index is 9.00. The minimum atomic E-state index is -0.181. The lowest BCUT2D eigenvalue weighted by atomic mass is 9.96. The highest BCUT2D eigenvalue weighted by molar-refractivity contribution is 5.63. The van der Waals surface area contributed by atoms with Gasteiger partial charge in [0.15, 0.2) is 0 Å². The molecule has 21 heavy (non-hydrogen) atoms. The summed E-state index contributed by atoms with van der Waals surface area (Å²) >= 11 is 0. The van der Waals surface area contributed by atoms with Gasteiger partial charge in [-0.05, 0) is 18.2 Å². The van der Waals surface area contributed by atoms with Crippen molar-refractivity contribution in [1.29, 1.82) is 5.26 Å². The highest BCUT2D eigenvalue weighted by Gasteiger charge is 2.20. The van der Waals surface area contributed by atoms with E-state index in [0.29, 0.717) is 23.0 Å². The van der Waals surface area contributed by atoms with Gasteiger partial charge in [-0.2, -0.15) is 5.26 Å². The van der Waals surface area contributed by atoms with E-state index < -0.39 is 0 Å². The zero-order chi connectivity index (χ0) is 15.6. The maximum atomic E-state index is 9.00. The molecule has 2 aromatic rings. The summed E-state index contributed by atoms with van der Waals surface area (Å²) < 4.78 is 0. The van der Waals surface area contributed by atoms with Gasteiger partial charge in [0.1, 0.15) is 17.5 Å². The van der Waals surface area contributed by atoms with Crippen LogP contribution in [0.3, 0.4) is 0 Å². The van der Waals surface area contributed by atoms with E-state index in [0.717, 1.165) is 5.69 Å². The van der Waals surface area contributed by atoms with Crippen LogP contribution in [-0.4, -0.2) is 17.0 Å². The van der Waals surface area contributed by atoms with Crippen LogP contribution in [0.25, 0.3) is 0 Å². The Morgan fingerprint density at radius 1 is 1.19 bits per heavy atom. The second kappa shape index (κ2) is 5.41. The molecule has 5 nitrogen and oxygen atoms in total.